The maximum absolute atomic E-state index is 12.4. The van der Waals surface area contributed by atoms with Crippen LogP contribution in [0.5, 0.6) is 11.5 Å². The first-order chi connectivity index (χ1) is 14.1. The maximum Gasteiger partial charge on any atom is 0.220 e. The number of carbonyl (C=O) groups is 1. The highest BCUT2D eigenvalue weighted by Crippen LogP contribution is 2.31. The highest BCUT2D eigenvalue weighted by atomic mass is 16.5. The summed E-state index contributed by atoms with van der Waals surface area (Å²) >= 11 is 0. The molecular weight excluding hydrogens is 366 g/mol. The number of hydrogen-bond donors (Lipinski definition) is 2. The van der Waals surface area contributed by atoms with Crippen molar-refractivity contribution in [2.75, 3.05) is 46.4 Å². The molecule has 3 rings (SSSR count). The molecule has 0 spiro atoms. The molecule has 2 heterocycles. The second-order valence-electron chi connectivity index (χ2n) is 8.55. The van der Waals surface area contributed by atoms with E-state index in [0.29, 0.717) is 24.0 Å². The number of nitrogens with zero attached hydrogens (tertiary/aromatic N) is 2. The van der Waals surface area contributed by atoms with E-state index in [0.717, 1.165) is 51.1 Å². The molecule has 0 radical (unpaired) electrons. The van der Waals surface area contributed by atoms with Gasteiger partial charge in [0.2, 0.25) is 5.91 Å². The first-order valence-corrected chi connectivity index (χ1v) is 11.2. The Labute approximate surface area is 175 Å². The van der Waals surface area contributed by atoms with E-state index in [4.69, 9.17) is 4.74 Å². The van der Waals surface area contributed by atoms with Crippen molar-refractivity contribution in [1.82, 2.24) is 15.1 Å². The maximum atomic E-state index is 12.4. The van der Waals surface area contributed by atoms with E-state index >= 15 is 0 Å². The zero-order valence-electron chi connectivity index (χ0n) is 18.0. The van der Waals surface area contributed by atoms with Crippen LogP contribution >= 0.6 is 0 Å². The van der Waals surface area contributed by atoms with Crippen molar-refractivity contribution < 1.29 is 14.6 Å². The molecule has 0 saturated carbocycles. The Morgan fingerprint density at radius 3 is 2.69 bits per heavy atom. The number of aromatic hydroxyl groups is 1. The number of nitrogens with one attached hydrogen (secondary N) is 1. The lowest BCUT2D eigenvalue weighted by atomic mass is 9.81. The summed E-state index contributed by atoms with van der Waals surface area (Å²) in [4.78, 5) is 17.3. The number of methoxy groups -OCH3 is 1. The largest absolute Gasteiger partial charge is 0.507 e. The minimum Gasteiger partial charge on any atom is -0.507 e. The van der Waals surface area contributed by atoms with Crippen molar-refractivity contribution in [3.8, 4) is 11.5 Å². The molecule has 0 aromatic heterocycles. The predicted octanol–water partition coefficient (Wildman–Crippen LogP) is 2.85. The van der Waals surface area contributed by atoms with Crippen LogP contribution in [-0.4, -0.2) is 67.2 Å². The molecule has 2 unspecified atom stereocenters. The Kier molecular flexibility index (Phi) is 8.19. The van der Waals surface area contributed by atoms with Crippen LogP contribution in [0.25, 0.3) is 0 Å². The summed E-state index contributed by atoms with van der Waals surface area (Å²) in [5, 5.41) is 13.4. The number of ether oxygens (including phenoxy) is 1. The third kappa shape index (κ3) is 6.34. The fraction of sp³-hybridized carbons (Fsp3) is 0.696. The van der Waals surface area contributed by atoms with Gasteiger partial charge < -0.3 is 20.1 Å². The zero-order chi connectivity index (χ0) is 20.6. The lowest BCUT2D eigenvalue weighted by molar-refractivity contribution is -0.123. The number of amides is 1. The Hall–Kier alpha value is -1.79. The molecule has 2 N–H and O–H groups in total. The van der Waals surface area contributed by atoms with E-state index in [9.17, 15) is 9.90 Å². The number of rotatable bonds is 9. The quantitative estimate of drug-likeness (QED) is 0.664. The Bertz CT molecular complexity index is 661. The molecule has 0 bridgehead atoms. The smallest absolute Gasteiger partial charge is 0.220 e. The molecular formula is C23H37N3O3. The summed E-state index contributed by atoms with van der Waals surface area (Å²) in [7, 11) is 1.60. The molecule has 1 aromatic carbocycles. The van der Waals surface area contributed by atoms with Gasteiger partial charge in [0.05, 0.1) is 7.11 Å². The lowest BCUT2D eigenvalue weighted by Crippen LogP contribution is -2.42. The monoisotopic (exact) mass is 403 g/mol. The second-order valence-corrected chi connectivity index (χ2v) is 8.55. The van der Waals surface area contributed by atoms with Gasteiger partial charge >= 0.3 is 0 Å². The molecule has 2 saturated heterocycles. The van der Waals surface area contributed by atoms with Crippen LogP contribution < -0.4 is 10.1 Å². The van der Waals surface area contributed by atoms with Crippen LogP contribution in [0.15, 0.2) is 18.2 Å². The number of phenols is 1. The molecule has 2 fully saturated rings. The number of benzene rings is 1. The Morgan fingerprint density at radius 2 is 2.00 bits per heavy atom. The van der Waals surface area contributed by atoms with E-state index in [2.05, 4.69) is 22.0 Å². The third-order valence-electron chi connectivity index (χ3n) is 6.58. The molecule has 2 aliphatic rings. The van der Waals surface area contributed by atoms with Crippen LogP contribution in [-0.2, 0) is 11.3 Å². The standard InChI is InChI=1S/C23H37N3O3/c1-3-18-16-26(17-20-6-7-21(29-2)15-22(20)27)12-8-19(18)14-23(28)24-9-13-25-10-4-5-11-25/h6-7,15,18-19,27H,3-5,8-14,16-17H2,1-2H3,(H,24,28). The lowest BCUT2D eigenvalue weighted by Gasteiger charge is -2.38. The van der Waals surface area contributed by atoms with Gasteiger partial charge in [-0.15, -0.1) is 0 Å². The van der Waals surface area contributed by atoms with Crippen molar-refractivity contribution in [3.05, 3.63) is 23.8 Å². The van der Waals surface area contributed by atoms with Crippen molar-refractivity contribution >= 4 is 5.91 Å². The summed E-state index contributed by atoms with van der Waals surface area (Å²) in [5.74, 6) is 2.14. The normalized spacial score (nSPS) is 23.2. The van der Waals surface area contributed by atoms with Crippen LogP contribution in [0.2, 0.25) is 0 Å². The molecule has 2 atom stereocenters. The van der Waals surface area contributed by atoms with E-state index < -0.39 is 0 Å². The molecule has 29 heavy (non-hydrogen) atoms. The van der Waals surface area contributed by atoms with Gasteiger partial charge in [-0.2, -0.15) is 0 Å². The van der Waals surface area contributed by atoms with E-state index in [1.54, 1.807) is 13.2 Å². The minimum atomic E-state index is 0.203. The van der Waals surface area contributed by atoms with Gasteiger partial charge in [0, 0.05) is 44.2 Å². The summed E-state index contributed by atoms with van der Waals surface area (Å²) in [6, 6.07) is 5.51. The van der Waals surface area contributed by atoms with Crippen LogP contribution in [0, 0.1) is 11.8 Å². The van der Waals surface area contributed by atoms with Gasteiger partial charge in [0.15, 0.2) is 0 Å². The summed E-state index contributed by atoms with van der Waals surface area (Å²) in [5.41, 5.74) is 0.929. The van der Waals surface area contributed by atoms with Gasteiger partial charge in [-0.1, -0.05) is 19.4 Å². The molecule has 0 aliphatic carbocycles. The first-order valence-electron chi connectivity index (χ1n) is 11.2. The fourth-order valence-electron chi connectivity index (χ4n) is 4.75. The van der Waals surface area contributed by atoms with Crippen molar-refractivity contribution in [1.29, 1.82) is 0 Å². The van der Waals surface area contributed by atoms with Crippen molar-refractivity contribution in [3.63, 3.8) is 0 Å². The highest BCUT2D eigenvalue weighted by Gasteiger charge is 2.30. The molecule has 6 nitrogen and oxygen atoms in total. The number of likely N-dealkylation sites (tertiary alicyclic amines) is 2. The number of piperidine rings is 1. The second kappa shape index (κ2) is 10.8. The molecule has 162 valence electrons. The zero-order valence-corrected chi connectivity index (χ0v) is 18.0. The molecule has 2 aliphatic heterocycles. The van der Waals surface area contributed by atoms with Crippen molar-refractivity contribution in [2.24, 2.45) is 11.8 Å². The van der Waals surface area contributed by atoms with Gasteiger partial charge in [0.25, 0.3) is 0 Å². The van der Waals surface area contributed by atoms with Gasteiger partial charge in [-0.05, 0) is 56.8 Å². The molecule has 6 heteroatoms. The van der Waals surface area contributed by atoms with E-state index in [1.165, 1.54) is 25.9 Å². The van der Waals surface area contributed by atoms with E-state index in [1.807, 2.05) is 12.1 Å². The topological polar surface area (TPSA) is 65.0 Å². The van der Waals surface area contributed by atoms with E-state index in [-0.39, 0.29) is 11.7 Å². The molecule has 1 amide bonds. The SMILES string of the molecule is CCC1CN(Cc2ccc(OC)cc2O)CCC1CC(=O)NCCN1CCCC1. The third-order valence-corrected chi connectivity index (χ3v) is 6.58. The fourth-order valence-corrected chi connectivity index (χ4v) is 4.75. The van der Waals surface area contributed by atoms with Crippen LogP contribution in [0.4, 0.5) is 0 Å². The summed E-state index contributed by atoms with van der Waals surface area (Å²) in [6.07, 6.45) is 5.34. The Balaban J connectivity index is 1.44. The van der Waals surface area contributed by atoms with Gasteiger partial charge in [-0.3, -0.25) is 9.69 Å². The minimum absolute atomic E-state index is 0.203. The average Bonchev–Trinajstić information content (AvgIpc) is 3.24. The first kappa shape index (κ1) is 21.9. The van der Waals surface area contributed by atoms with Crippen LogP contribution in [0.1, 0.15) is 44.6 Å². The number of hydrogen-bond acceptors (Lipinski definition) is 5. The summed E-state index contributed by atoms with van der Waals surface area (Å²) in [6.45, 7) is 9.00. The average molecular weight is 404 g/mol. The summed E-state index contributed by atoms with van der Waals surface area (Å²) < 4.78 is 5.17. The Morgan fingerprint density at radius 1 is 1.21 bits per heavy atom. The van der Waals surface area contributed by atoms with Crippen LogP contribution in [0.3, 0.4) is 0 Å². The van der Waals surface area contributed by atoms with Gasteiger partial charge in [0.1, 0.15) is 11.5 Å². The molecule has 1 aromatic rings. The van der Waals surface area contributed by atoms with Gasteiger partial charge in [-0.25, -0.2) is 0 Å². The number of phenolic OH excluding ortho intramolecular Hbond substituents is 1. The van der Waals surface area contributed by atoms with Crippen molar-refractivity contribution in [2.45, 2.75) is 45.6 Å². The predicted molar refractivity (Wildman–Crippen MR) is 115 cm³/mol. The number of carbonyl (C=O) groups excluding carboxylic acids is 1. The highest BCUT2D eigenvalue weighted by molar-refractivity contribution is 5.76.